The lowest BCUT2D eigenvalue weighted by atomic mass is 10.0. The second-order valence-electron chi connectivity index (χ2n) is 2.82. The normalized spacial score (nSPS) is 12.3. The van der Waals surface area contributed by atoms with Gasteiger partial charge in [-0.25, -0.2) is 4.79 Å². The summed E-state index contributed by atoms with van der Waals surface area (Å²) in [4.78, 5) is 10.5. The first-order chi connectivity index (χ1) is 5.49. The minimum absolute atomic E-state index is 0.00579. The molecule has 0 aromatic carbocycles. The van der Waals surface area contributed by atoms with Crippen LogP contribution in [-0.2, 0) is 4.79 Å². The summed E-state index contributed by atoms with van der Waals surface area (Å²) in [6.07, 6.45) is -0.986. The van der Waals surface area contributed by atoms with Crippen LogP contribution in [0.4, 0.5) is 0 Å². The molecule has 70 valence electrons. The predicted octanol–water partition coefficient (Wildman–Crippen LogP) is 0.151. The van der Waals surface area contributed by atoms with E-state index in [1.807, 2.05) is 0 Å². The molecule has 0 rings (SSSR count). The summed E-state index contributed by atoms with van der Waals surface area (Å²) in [5, 5.41) is 26.1. The van der Waals surface area contributed by atoms with Crippen molar-refractivity contribution in [2.75, 3.05) is 6.61 Å². The number of rotatable bonds is 4. The number of aliphatic carboxylic acids is 1. The van der Waals surface area contributed by atoms with E-state index in [4.69, 9.17) is 15.3 Å². The Morgan fingerprint density at radius 2 is 1.92 bits per heavy atom. The molecule has 0 radical (unpaired) electrons. The van der Waals surface area contributed by atoms with Gasteiger partial charge < -0.3 is 15.3 Å². The molecule has 0 aromatic rings. The molecule has 0 aliphatic carbocycles. The van der Waals surface area contributed by atoms with Crippen LogP contribution in [0.1, 0.15) is 20.3 Å². The summed E-state index contributed by atoms with van der Waals surface area (Å²) < 4.78 is 0. The molecule has 0 aliphatic heterocycles. The highest BCUT2D eigenvalue weighted by atomic mass is 16.4. The first-order valence-corrected chi connectivity index (χ1v) is 3.67. The van der Waals surface area contributed by atoms with Crippen molar-refractivity contribution in [2.24, 2.45) is 0 Å². The lowest BCUT2D eigenvalue weighted by Gasteiger charge is -2.08. The second-order valence-corrected chi connectivity index (χ2v) is 2.82. The summed E-state index contributed by atoms with van der Waals surface area (Å²) >= 11 is 0. The van der Waals surface area contributed by atoms with Crippen LogP contribution in [0.2, 0.25) is 0 Å². The van der Waals surface area contributed by atoms with Crippen molar-refractivity contribution in [3.05, 3.63) is 11.1 Å². The molecule has 0 saturated heterocycles. The zero-order valence-corrected chi connectivity index (χ0v) is 7.24. The fourth-order valence-electron chi connectivity index (χ4n) is 0.805. The molecule has 12 heavy (non-hydrogen) atoms. The zero-order valence-electron chi connectivity index (χ0n) is 7.24. The molecule has 4 nitrogen and oxygen atoms in total. The third-order valence-electron chi connectivity index (χ3n) is 1.51. The van der Waals surface area contributed by atoms with Crippen molar-refractivity contribution in [2.45, 2.75) is 26.4 Å². The van der Waals surface area contributed by atoms with Crippen LogP contribution in [0.3, 0.4) is 0 Å². The molecule has 0 unspecified atom stereocenters. The average Bonchev–Trinajstić information content (AvgIpc) is 1.98. The van der Waals surface area contributed by atoms with Crippen LogP contribution in [0.25, 0.3) is 0 Å². The van der Waals surface area contributed by atoms with Crippen LogP contribution in [0, 0.1) is 0 Å². The monoisotopic (exact) mass is 174 g/mol. The molecule has 3 N–H and O–H groups in total. The van der Waals surface area contributed by atoms with Gasteiger partial charge in [-0.3, -0.25) is 0 Å². The van der Waals surface area contributed by atoms with E-state index < -0.39 is 18.7 Å². The van der Waals surface area contributed by atoms with Crippen molar-refractivity contribution in [1.29, 1.82) is 0 Å². The lowest BCUT2D eigenvalue weighted by Crippen LogP contribution is -2.16. The minimum Gasteiger partial charge on any atom is -0.478 e. The highest BCUT2D eigenvalue weighted by Crippen LogP contribution is 2.10. The van der Waals surface area contributed by atoms with Crippen LogP contribution in [-0.4, -0.2) is 34.0 Å². The molecule has 1 atom stereocenters. The maximum atomic E-state index is 10.5. The Morgan fingerprint density at radius 3 is 2.17 bits per heavy atom. The van der Waals surface area contributed by atoms with Gasteiger partial charge in [0.1, 0.15) is 0 Å². The summed E-state index contributed by atoms with van der Waals surface area (Å²) in [6.45, 7) is 2.91. The molecular weight excluding hydrogens is 160 g/mol. The van der Waals surface area contributed by atoms with Gasteiger partial charge in [0.05, 0.1) is 12.7 Å². The summed E-state index contributed by atoms with van der Waals surface area (Å²) in [5.41, 5.74) is 0.812. The van der Waals surface area contributed by atoms with Crippen molar-refractivity contribution >= 4 is 5.97 Å². The van der Waals surface area contributed by atoms with E-state index in [2.05, 4.69) is 0 Å². The fourth-order valence-corrected chi connectivity index (χ4v) is 0.805. The van der Waals surface area contributed by atoms with Gasteiger partial charge in [0.15, 0.2) is 0 Å². The van der Waals surface area contributed by atoms with Crippen molar-refractivity contribution < 1.29 is 20.1 Å². The van der Waals surface area contributed by atoms with E-state index in [1.54, 1.807) is 13.8 Å². The molecular formula is C8H14O4. The van der Waals surface area contributed by atoms with Gasteiger partial charge in [0.25, 0.3) is 0 Å². The molecule has 0 bridgehead atoms. The highest BCUT2D eigenvalue weighted by molar-refractivity contribution is 5.87. The SMILES string of the molecule is CC(C)=C(C[C@H](O)CO)C(=O)O. The number of carboxylic acids is 1. The Balaban J connectivity index is 4.37. The maximum absolute atomic E-state index is 10.5. The van der Waals surface area contributed by atoms with E-state index in [0.717, 1.165) is 0 Å². The molecule has 0 fully saturated rings. The standard InChI is InChI=1S/C8H14O4/c1-5(2)7(8(11)12)3-6(10)4-9/h6,9-10H,3-4H2,1-2H3,(H,11,12)/t6-/m0/s1. The second kappa shape index (κ2) is 4.90. The maximum Gasteiger partial charge on any atom is 0.331 e. The Morgan fingerprint density at radius 1 is 1.42 bits per heavy atom. The minimum atomic E-state index is -1.04. The van der Waals surface area contributed by atoms with E-state index in [9.17, 15) is 4.79 Å². The fraction of sp³-hybridized carbons (Fsp3) is 0.625. The number of aliphatic hydroxyl groups is 2. The number of carboxylic acid groups (broad SMARTS) is 1. The van der Waals surface area contributed by atoms with E-state index in [-0.39, 0.29) is 12.0 Å². The van der Waals surface area contributed by atoms with Gasteiger partial charge in [-0.05, 0) is 13.8 Å². The lowest BCUT2D eigenvalue weighted by molar-refractivity contribution is -0.133. The Labute approximate surface area is 71.1 Å². The molecule has 0 heterocycles. The van der Waals surface area contributed by atoms with E-state index in [1.165, 1.54) is 0 Å². The van der Waals surface area contributed by atoms with Gasteiger partial charge in [0, 0.05) is 12.0 Å². The number of aliphatic hydroxyl groups excluding tert-OH is 2. The molecule has 4 heteroatoms. The van der Waals surface area contributed by atoms with Crippen LogP contribution in [0.15, 0.2) is 11.1 Å². The quantitative estimate of drug-likeness (QED) is 0.530. The number of hydrogen-bond acceptors (Lipinski definition) is 3. The molecule has 0 saturated carbocycles. The smallest absolute Gasteiger partial charge is 0.331 e. The van der Waals surface area contributed by atoms with E-state index in [0.29, 0.717) is 5.57 Å². The van der Waals surface area contributed by atoms with E-state index >= 15 is 0 Å². The zero-order chi connectivity index (χ0) is 9.72. The molecule has 0 aliphatic rings. The topological polar surface area (TPSA) is 77.8 Å². The number of hydrogen-bond donors (Lipinski definition) is 3. The Kier molecular flexibility index (Phi) is 4.54. The first kappa shape index (κ1) is 11.1. The Bertz CT molecular complexity index is 191. The molecule has 0 spiro atoms. The van der Waals surface area contributed by atoms with Crippen LogP contribution >= 0.6 is 0 Å². The van der Waals surface area contributed by atoms with Gasteiger partial charge in [-0.1, -0.05) is 5.57 Å². The van der Waals surface area contributed by atoms with Gasteiger partial charge in [-0.15, -0.1) is 0 Å². The van der Waals surface area contributed by atoms with Gasteiger partial charge in [0.2, 0.25) is 0 Å². The largest absolute Gasteiger partial charge is 0.478 e. The van der Waals surface area contributed by atoms with Crippen molar-refractivity contribution in [1.82, 2.24) is 0 Å². The molecule has 0 amide bonds. The number of carbonyl (C=O) groups is 1. The third kappa shape index (κ3) is 3.50. The third-order valence-corrected chi connectivity index (χ3v) is 1.51. The highest BCUT2D eigenvalue weighted by Gasteiger charge is 2.13. The van der Waals surface area contributed by atoms with Crippen LogP contribution in [0.5, 0.6) is 0 Å². The first-order valence-electron chi connectivity index (χ1n) is 3.67. The summed E-state index contributed by atoms with van der Waals surface area (Å²) in [5.74, 6) is -1.04. The predicted molar refractivity (Wildman–Crippen MR) is 43.7 cm³/mol. The average molecular weight is 174 g/mol. The summed E-state index contributed by atoms with van der Waals surface area (Å²) in [6, 6.07) is 0. The molecule has 0 aromatic heterocycles. The van der Waals surface area contributed by atoms with Gasteiger partial charge >= 0.3 is 5.97 Å². The summed E-state index contributed by atoms with van der Waals surface area (Å²) in [7, 11) is 0. The number of allylic oxidation sites excluding steroid dienone is 1. The van der Waals surface area contributed by atoms with Crippen molar-refractivity contribution in [3.8, 4) is 0 Å². The van der Waals surface area contributed by atoms with Gasteiger partial charge in [-0.2, -0.15) is 0 Å². The Hall–Kier alpha value is -0.870. The van der Waals surface area contributed by atoms with Crippen LogP contribution < -0.4 is 0 Å². The van der Waals surface area contributed by atoms with Crippen molar-refractivity contribution in [3.63, 3.8) is 0 Å².